The van der Waals surface area contributed by atoms with Gasteiger partial charge >= 0.3 is 0 Å². The average Bonchev–Trinajstić information content (AvgIpc) is 2.42. The molecule has 0 unspecified atom stereocenters. The lowest BCUT2D eigenvalue weighted by Crippen LogP contribution is -2.21. The quantitative estimate of drug-likeness (QED) is 0.530. The average molecular weight is 271 g/mol. The van der Waals surface area contributed by atoms with Gasteiger partial charge in [0, 0.05) is 24.9 Å². The van der Waals surface area contributed by atoms with E-state index in [1.54, 1.807) is 14.2 Å². The van der Waals surface area contributed by atoms with E-state index in [1.165, 1.54) is 0 Å². The van der Waals surface area contributed by atoms with Gasteiger partial charge in [-0.15, -0.1) is 0 Å². The summed E-state index contributed by atoms with van der Waals surface area (Å²) < 4.78 is 16.0. The van der Waals surface area contributed by atoms with Crippen LogP contribution in [-0.4, -0.2) is 39.7 Å². The number of benzene rings is 1. The maximum atomic E-state index is 5.57. The topological polar surface area (TPSA) is 39.7 Å². The van der Waals surface area contributed by atoms with Gasteiger partial charge in [0.25, 0.3) is 0 Å². The molecule has 1 N–H and O–H groups in total. The highest BCUT2D eigenvalue weighted by Gasteiger charge is 2.01. The Labute approximate surface area is 114 Å². The standard InChI is InChI=1S/C13H21NO3S/c1-15-12-7-11(8-13(9-12)16-2)10-17-5-3-14-4-6-18/h7-9,14,18H,3-6,10H2,1-2H3. The van der Waals surface area contributed by atoms with Crippen LogP contribution in [0.4, 0.5) is 0 Å². The van der Waals surface area contributed by atoms with Gasteiger partial charge in [0.05, 0.1) is 27.4 Å². The van der Waals surface area contributed by atoms with E-state index in [1.807, 2.05) is 18.2 Å². The maximum absolute atomic E-state index is 5.57. The Kier molecular flexibility index (Phi) is 7.64. The number of methoxy groups -OCH3 is 2. The fourth-order valence-corrected chi connectivity index (χ4v) is 1.65. The summed E-state index contributed by atoms with van der Waals surface area (Å²) in [5, 5.41) is 3.22. The van der Waals surface area contributed by atoms with Gasteiger partial charge in [-0.05, 0) is 17.7 Å². The molecule has 0 aliphatic carbocycles. The normalized spacial score (nSPS) is 10.4. The SMILES string of the molecule is COc1cc(COCCNCCS)cc(OC)c1. The molecule has 0 atom stereocenters. The molecular formula is C13H21NO3S. The molecule has 1 rings (SSSR count). The molecule has 0 aliphatic heterocycles. The minimum Gasteiger partial charge on any atom is -0.497 e. The number of thiol groups is 1. The molecule has 0 bridgehead atoms. The Morgan fingerprint density at radius 3 is 2.28 bits per heavy atom. The fraction of sp³-hybridized carbons (Fsp3) is 0.538. The predicted octanol–water partition coefficient (Wildman–Crippen LogP) is 1.74. The summed E-state index contributed by atoms with van der Waals surface area (Å²) in [6.07, 6.45) is 0. The molecule has 0 aromatic heterocycles. The van der Waals surface area contributed by atoms with Crippen molar-refractivity contribution in [3.63, 3.8) is 0 Å². The van der Waals surface area contributed by atoms with Crippen LogP contribution >= 0.6 is 12.6 Å². The van der Waals surface area contributed by atoms with Gasteiger partial charge in [-0.3, -0.25) is 0 Å². The zero-order chi connectivity index (χ0) is 13.2. The lowest BCUT2D eigenvalue weighted by molar-refractivity contribution is 0.123. The zero-order valence-corrected chi connectivity index (χ0v) is 11.8. The van der Waals surface area contributed by atoms with Crippen molar-refractivity contribution in [1.82, 2.24) is 5.32 Å². The van der Waals surface area contributed by atoms with Crippen LogP contribution in [0.1, 0.15) is 5.56 Å². The van der Waals surface area contributed by atoms with Gasteiger partial charge in [-0.25, -0.2) is 0 Å². The molecule has 1 aromatic carbocycles. The summed E-state index contributed by atoms with van der Waals surface area (Å²) in [5.41, 5.74) is 1.04. The Morgan fingerprint density at radius 2 is 1.72 bits per heavy atom. The third-order valence-electron chi connectivity index (χ3n) is 2.39. The molecule has 102 valence electrons. The molecule has 0 saturated heterocycles. The first-order valence-electron chi connectivity index (χ1n) is 5.91. The second kappa shape index (κ2) is 9.08. The minimum atomic E-state index is 0.552. The molecule has 0 spiro atoms. The van der Waals surface area contributed by atoms with Gasteiger partial charge < -0.3 is 19.5 Å². The second-order valence-corrected chi connectivity index (χ2v) is 4.19. The monoisotopic (exact) mass is 271 g/mol. The molecule has 0 radical (unpaired) electrons. The second-order valence-electron chi connectivity index (χ2n) is 3.75. The fourth-order valence-electron chi connectivity index (χ4n) is 1.49. The Hall–Kier alpha value is -0.910. The van der Waals surface area contributed by atoms with Crippen molar-refractivity contribution in [3.8, 4) is 11.5 Å². The molecule has 0 fully saturated rings. The van der Waals surface area contributed by atoms with Gasteiger partial charge in [0.1, 0.15) is 11.5 Å². The number of hydrogen-bond acceptors (Lipinski definition) is 5. The van der Waals surface area contributed by atoms with Crippen LogP contribution < -0.4 is 14.8 Å². The molecule has 5 heteroatoms. The van der Waals surface area contributed by atoms with E-state index in [2.05, 4.69) is 17.9 Å². The van der Waals surface area contributed by atoms with Crippen LogP contribution in [-0.2, 0) is 11.3 Å². The highest BCUT2D eigenvalue weighted by atomic mass is 32.1. The highest BCUT2D eigenvalue weighted by molar-refractivity contribution is 7.80. The van der Waals surface area contributed by atoms with Crippen molar-refractivity contribution in [2.45, 2.75) is 6.61 Å². The van der Waals surface area contributed by atoms with Crippen molar-refractivity contribution in [2.75, 3.05) is 39.7 Å². The lowest BCUT2D eigenvalue weighted by Gasteiger charge is -2.09. The summed E-state index contributed by atoms with van der Waals surface area (Å²) in [4.78, 5) is 0. The smallest absolute Gasteiger partial charge is 0.122 e. The van der Waals surface area contributed by atoms with Crippen LogP contribution in [0, 0.1) is 0 Å². The highest BCUT2D eigenvalue weighted by Crippen LogP contribution is 2.22. The van der Waals surface area contributed by atoms with Crippen LogP contribution in [0.15, 0.2) is 18.2 Å². The first-order valence-corrected chi connectivity index (χ1v) is 6.54. The van der Waals surface area contributed by atoms with Crippen molar-refractivity contribution in [3.05, 3.63) is 23.8 Å². The van der Waals surface area contributed by atoms with E-state index in [0.717, 1.165) is 35.9 Å². The third kappa shape index (κ3) is 5.62. The maximum Gasteiger partial charge on any atom is 0.122 e. The molecule has 0 heterocycles. The summed E-state index contributed by atoms with van der Waals surface area (Å²) in [6, 6.07) is 5.74. The van der Waals surface area contributed by atoms with Crippen LogP contribution in [0.5, 0.6) is 11.5 Å². The molecule has 0 saturated carbocycles. The third-order valence-corrected chi connectivity index (χ3v) is 2.62. The predicted molar refractivity (Wildman–Crippen MR) is 75.9 cm³/mol. The van der Waals surface area contributed by atoms with Gasteiger partial charge in [-0.2, -0.15) is 12.6 Å². The largest absolute Gasteiger partial charge is 0.497 e. The Balaban J connectivity index is 2.36. The molecule has 0 aliphatic rings. The van der Waals surface area contributed by atoms with Crippen molar-refractivity contribution in [1.29, 1.82) is 0 Å². The van der Waals surface area contributed by atoms with Crippen molar-refractivity contribution < 1.29 is 14.2 Å². The molecular weight excluding hydrogens is 250 g/mol. The van der Waals surface area contributed by atoms with Gasteiger partial charge in [0.2, 0.25) is 0 Å². The van der Waals surface area contributed by atoms with Crippen LogP contribution in [0.2, 0.25) is 0 Å². The Morgan fingerprint density at radius 1 is 1.06 bits per heavy atom. The number of rotatable bonds is 9. The number of nitrogens with one attached hydrogen (secondary N) is 1. The minimum absolute atomic E-state index is 0.552. The number of hydrogen-bond donors (Lipinski definition) is 2. The first-order chi connectivity index (χ1) is 8.80. The summed E-state index contributed by atoms with van der Waals surface area (Å²) in [5.74, 6) is 2.40. The molecule has 1 aromatic rings. The lowest BCUT2D eigenvalue weighted by atomic mass is 10.2. The van der Waals surface area contributed by atoms with Crippen molar-refractivity contribution in [2.24, 2.45) is 0 Å². The van der Waals surface area contributed by atoms with E-state index in [4.69, 9.17) is 14.2 Å². The van der Waals surface area contributed by atoms with Crippen LogP contribution in [0.25, 0.3) is 0 Å². The van der Waals surface area contributed by atoms with E-state index >= 15 is 0 Å². The van der Waals surface area contributed by atoms with E-state index < -0.39 is 0 Å². The first kappa shape index (κ1) is 15.1. The summed E-state index contributed by atoms with van der Waals surface area (Å²) in [7, 11) is 3.28. The summed E-state index contributed by atoms with van der Waals surface area (Å²) >= 11 is 4.12. The zero-order valence-electron chi connectivity index (χ0n) is 10.9. The van der Waals surface area contributed by atoms with Crippen molar-refractivity contribution >= 4 is 12.6 Å². The van der Waals surface area contributed by atoms with E-state index in [0.29, 0.717) is 13.2 Å². The molecule has 0 amide bonds. The van der Waals surface area contributed by atoms with Gasteiger partial charge in [-0.1, -0.05) is 0 Å². The number of ether oxygens (including phenoxy) is 3. The van der Waals surface area contributed by atoms with Gasteiger partial charge in [0.15, 0.2) is 0 Å². The summed E-state index contributed by atoms with van der Waals surface area (Å²) in [6.45, 7) is 2.96. The van der Waals surface area contributed by atoms with E-state index in [9.17, 15) is 0 Å². The van der Waals surface area contributed by atoms with E-state index in [-0.39, 0.29) is 0 Å². The molecule has 18 heavy (non-hydrogen) atoms. The Bertz CT molecular complexity index is 325. The van der Waals surface area contributed by atoms with Crippen LogP contribution in [0.3, 0.4) is 0 Å². The molecule has 4 nitrogen and oxygen atoms in total.